The van der Waals surface area contributed by atoms with Crippen LogP contribution in [0, 0.1) is 13.8 Å². The fourth-order valence-corrected chi connectivity index (χ4v) is 2.22. The molecule has 0 aliphatic rings. The molecule has 0 saturated heterocycles. The van der Waals surface area contributed by atoms with E-state index in [2.05, 4.69) is 4.98 Å². The first kappa shape index (κ1) is 10.8. The molecule has 0 spiro atoms. The summed E-state index contributed by atoms with van der Waals surface area (Å²) in [5.41, 5.74) is 2.04. The molecular formula is C14H11NO3. The first-order chi connectivity index (χ1) is 8.56. The molecule has 0 fully saturated rings. The maximum absolute atomic E-state index is 12.0. The zero-order valence-corrected chi connectivity index (χ0v) is 10.0. The van der Waals surface area contributed by atoms with Crippen molar-refractivity contribution < 1.29 is 4.42 Å². The predicted octanol–water partition coefficient (Wildman–Crippen LogP) is 2.25. The topological polar surface area (TPSA) is 63.1 Å². The third-order valence-electron chi connectivity index (χ3n) is 3.05. The molecule has 0 bridgehead atoms. The molecule has 0 amide bonds. The van der Waals surface area contributed by atoms with Crippen molar-refractivity contribution in [2.75, 3.05) is 0 Å². The van der Waals surface area contributed by atoms with Crippen LogP contribution in [0.15, 0.2) is 38.3 Å². The van der Waals surface area contributed by atoms with Gasteiger partial charge in [0.25, 0.3) is 5.56 Å². The van der Waals surface area contributed by atoms with Gasteiger partial charge in [0.05, 0.1) is 10.9 Å². The van der Waals surface area contributed by atoms with E-state index in [4.69, 9.17) is 4.42 Å². The van der Waals surface area contributed by atoms with Crippen LogP contribution in [0.25, 0.3) is 21.9 Å². The van der Waals surface area contributed by atoms with Crippen LogP contribution in [0.1, 0.15) is 11.1 Å². The number of hydrogen-bond acceptors (Lipinski definition) is 3. The highest BCUT2D eigenvalue weighted by atomic mass is 16.4. The average Bonchev–Trinajstić information content (AvgIpc) is 2.29. The predicted molar refractivity (Wildman–Crippen MR) is 70.1 cm³/mol. The first-order valence-corrected chi connectivity index (χ1v) is 5.63. The van der Waals surface area contributed by atoms with Crippen molar-refractivity contribution in [3.05, 3.63) is 56.2 Å². The molecule has 0 atom stereocenters. The summed E-state index contributed by atoms with van der Waals surface area (Å²) in [5, 5.41) is 1.19. The molecule has 4 nitrogen and oxygen atoms in total. The lowest BCUT2D eigenvalue weighted by atomic mass is 10.1. The second-order valence-corrected chi connectivity index (χ2v) is 4.46. The molecule has 0 radical (unpaired) electrons. The largest absolute Gasteiger partial charge is 0.422 e. The number of pyridine rings is 1. The molecule has 1 N–H and O–H groups in total. The van der Waals surface area contributed by atoms with E-state index in [0.717, 1.165) is 10.9 Å². The van der Waals surface area contributed by atoms with Gasteiger partial charge < -0.3 is 9.40 Å². The molecule has 0 aliphatic heterocycles. The number of aromatic amines is 1. The fourth-order valence-electron chi connectivity index (χ4n) is 2.22. The average molecular weight is 241 g/mol. The van der Waals surface area contributed by atoms with Gasteiger partial charge in [0.1, 0.15) is 0 Å². The molecule has 0 saturated carbocycles. The van der Waals surface area contributed by atoms with Crippen LogP contribution in [0.5, 0.6) is 0 Å². The van der Waals surface area contributed by atoms with Gasteiger partial charge in [-0.15, -0.1) is 0 Å². The number of benzene rings is 1. The second-order valence-electron chi connectivity index (χ2n) is 4.46. The van der Waals surface area contributed by atoms with Crippen LogP contribution in [0.2, 0.25) is 0 Å². The van der Waals surface area contributed by atoms with E-state index in [1.54, 1.807) is 6.92 Å². The van der Waals surface area contributed by atoms with Gasteiger partial charge in [-0.1, -0.05) is 11.6 Å². The van der Waals surface area contributed by atoms with E-state index < -0.39 is 5.63 Å². The van der Waals surface area contributed by atoms with Gasteiger partial charge in [-0.3, -0.25) is 4.79 Å². The zero-order chi connectivity index (χ0) is 12.9. The normalized spacial score (nSPS) is 11.2. The van der Waals surface area contributed by atoms with Crippen molar-refractivity contribution in [3.8, 4) is 0 Å². The molecule has 2 aromatic heterocycles. The number of hydrogen-bond donors (Lipinski definition) is 1. The summed E-state index contributed by atoms with van der Waals surface area (Å²) < 4.78 is 5.22. The summed E-state index contributed by atoms with van der Waals surface area (Å²) in [4.78, 5) is 26.3. The van der Waals surface area contributed by atoms with Crippen LogP contribution in [-0.2, 0) is 0 Å². The summed E-state index contributed by atoms with van der Waals surface area (Å²) in [5.74, 6) is 0. The lowest BCUT2D eigenvalue weighted by Crippen LogP contribution is -2.11. The molecule has 0 aliphatic carbocycles. The van der Waals surface area contributed by atoms with Gasteiger partial charge in [-0.05, 0) is 31.5 Å². The SMILES string of the molecule is Cc1ccc2[nH]c(=O)c3c(C)cc(=O)oc3c2c1. The minimum absolute atomic E-state index is 0.234. The fraction of sp³-hybridized carbons (Fsp3) is 0.143. The Morgan fingerprint density at radius 1 is 1.11 bits per heavy atom. The Balaban J connectivity index is 2.72. The molecule has 18 heavy (non-hydrogen) atoms. The van der Waals surface area contributed by atoms with Crippen molar-refractivity contribution in [2.24, 2.45) is 0 Å². The van der Waals surface area contributed by atoms with Gasteiger partial charge in [-0.25, -0.2) is 4.79 Å². The molecule has 4 heteroatoms. The van der Waals surface area contributed by atoms with Crippen LogP contribution in [-0.4, -0.2) is 4.98 Å². The van der Waals surface area contributed by atoms with Crippen LogP contribution in [0.4, 0.5) is 0 Å². The lowest BCUT2D eigenvalue weighted by Gasteiger charge is -2.04. The van der Waals surface area contributed by atoms with E-state index in [1.807, 2.05) is 25.1 Å². The van der Waals surface area contributed by atoms with Crippen molar-refractivity contribution in [3.63, 3.8) is 0 Å². The third-order valence-corrected chi connectivity index (χ3v) is 3.05. The van der Waals surface area contributed by atoms with Crippen molar-refractivity contribution in [1.29, 1.82) is 0 Å². The van der Waals surface area contributed by atoms with Crippen molar-refractivity contribution in [1.82, 2.24) is 4.98 Å². The van der Waals surface area contributed by atoms with Gasteiger partial charge in [0.2, 0.25) is 0 Å². The number of nitrogens with one attached hydrogen (secondary N) is 1. The molecule has 3 aromatic rings. The van der Waals surface area contributed by atoms with E-state index >= 15 is 0 Å². The van der Waals surface area contributed by atoms with Crippen LogP contribution in [0.3, 0.4) is 0 Å². The summed E-state index contributed by atoms with van der Waals surface area (Å²) in [6.45, 7) is 3.68. The maximum atomic E-state index is 12.0. The number of H-pyrrole nitrogens is 1. The van der Waals surface area contributed by atoms with Gasteiger partial charge in [-0.2, -0.15) is 0 Å². The molecule has 3 rings (SSSR count). The monoisotopic (exact) mass is 241 g/mol. The summed E-state index contributed by atoms with van der Waals surface area (Å²) in [6.07, 6.45) is 0. The molecular weight excluding hydrogens is 230 g/mol. The van der Waals surface area contributed by atoms with Crippen molar-refractivity contribution in [2.45, 2.75) is 13.8 Å². The summed E-state index contributed by atoms with van der Waals surface area (Å²) in [6, 6.07) is 6.95. The Labute approximate surface area is 102 Å². The van der Waals surface area contributed by atoms with E-state index in [-0.39, 0.29) is 5.56 Å². The number of fused-ring (bicyclic) bond motifs is 3. The van der Waals surface area contributed by atoms with E-state index in [9.17, 15) is 9.59 Å². The van der Waals surface area contributed by atoms with Crippen LogP contribution < -0.4 is 11.2 Å². The highest BCUT2D eigenvalue weighted by Gasteiger charge is 2.11. The number of aromatic nitrogens is 1. The van der Waals surface area contributed by atoms with Gasteiger partial charge >= 0.3 is 5.63 Å². The molecule has 0 unspecified atom stereocenters. The highest BCUT2D eigenvalue weighted by Crippen LogP contribution is 2.22. The summed E-state index contributed by atoms with van der Waals surface area (Å²) >= 11 is 0. The Hall–Kier alpha value is -2.36. The minimum atomic E-state index is -0.437. The highest BCUT2D eigenvalue weighted by molar-refractivity contribution is 6.02. The Morgan fingerprint density at radius 3 is 2.67 bits per heavy atom. The van der Waals surface area contributed by atoms with Gasteiger partial charge in [0.15, 0.2) is 5.58 Å². The quantitative estimate of drug-likeness (QED) is 0.614. The zero-order valence-electron chi connectivity index (χ0n) is 10.0. The van der Waals surface area contributed by atoms with E-state index in [0.29, 0.717) is 22.0 Å². The lowest BCUT2D eigenvalue weighted by molar-refractivity contribution is 0.562. The smallest absolute Gasteiger partial charge is 0.336 e. The van der Waals surface area contributed by atoms with E-state index in [1.165, 1.54) is 6.07 Å². The Kier molecular flexibility index (Phi) is 2.13. The Morgan fingerprint density at radius 2 is 1.89 bits per heavy atom. The summed E-state index contributed by atoms with van der Waals surface area (Å²) in [7, 11) is 0. The van der Waals surface area contributed by atoms with Crippen molar-refractivity contribution >= 4 is 21.9 Å². The second kappa shape index (κ2) is 3.57. The molecule has 2 heterocycles. The van der Waals surface area contributed by atoms with Gasteiger partial charge in [0, 0.05) is 11.5 Å². The Bertz CT molecular complexity index is 887. The standard InChI is InChI=1S/C14H11NO3/c1-7-3-4-10-9(5-7)13-12(14(17)15-10)8(2)6-11(16)18-13/h3-6H,1-2H3,(H,15,17). The van der Waals surface area contributed by atoms with Crippen LogP contribution >= 0.6 is 0 Å². The molecule has 1 aromatic carbocycles. The minimum Gasteiger partial charge on any atom is -0.422 e. The first-order valence-electron chi connectivity index (χ1n) is 5.63. The third kappa shape index (κ3) is 1.46. The maximum Gasteiger partial charge on any atom is 0.336 e. The number of aryl methyl sites for hydroxylation is 2. The number of rotatable bonds is 0. The molecule has 90 valence electrons.